The zero-order valence-corrected chi connectivity index (χ0v) is 19.3. The van der Waals surface area contributed by atoms with Crippen molar-refractivity contribution in [3.05, 3.63) is 35.5 Å². The Bertz CT molecular complexity index is 603. The summed E-state index contributed by atoms with van der Waals surface area (Å²) in [5.74, 6) is 2.97. The van der Waals surface area contributed by atoms with E-state index in [0.29, 0.717) is 36.5 Å². The highest BCUT2D eigenvalue weighted by Crippen LogP contribution is 2.41. The van der Waals surface area contributed by atoms with Crippen molar-refractivity contribution in [2.45, 2.75) is 97.9 Å². The van der Waals surface area contributed by atoms with Gasteiger partial charge in [0.15, 0.2) is 0 Å². The fraction of sp³-hybridized carbons (Fsp3) is 0.769. The van der Waals surface area contributed by atoms with Crippen molar-refractivity contribution in [1.29, 1.82) is 0 Å². The molecule has 7 atom stereocenters. The molecule has 0 bridgehead atoms. The number of hydrogen-bond acceptors (Lipinski definition) is 3. The quantitative estimate of drug-likeness (QED) is 0.531. The smallest absolute Gasteiger partial charge is 0.0811 e. The SMILES string of the molecule is C=C1C(=CC=C2CC[C@@H](C)[C@H]([C@H](C)[C@H](C)CC[C@@H](O)C(C)C)C2)C[C@@H](O)C[C@@H]1O. The highest BCUT2D eigenvalue weighted by Gasteiger charge is 2.31. The molecule has 0 aromatic rings. The second-order valence-electron chi connectivity index (χ2n) is 10.3. The third-order valence-electron chi connectivity index (χ3n) is 7.70. The first-order valence-corrected chi connectivity index (χ1v) is 11.7. The fourth-order valence-electron chi connectivity index (χ4n) is 5.02. The molecule has 2 fully saturated rings. The van der Waals surface area contributed by atoms with Gasteiger partial charge in [0.25, 0.3) is 0 Å². The van der Waals surface area contributed by atoms with Gasteiger partial charge in [-0.1, -0.05) is 58.9 Å². The molecular weight excluding hydrogens is 360 g/mol. The molecule has 3 nitrogen and oxygen atoms in total. The molecule has 0 aliphatic heterocycles. The van der Waals surface area contributed by atoms with Crippen LogP contribution in [0.4, 0.5) is 0 Å². The van der Waals surface area contributed by atoms with E-state index in [1.165, 1.54) is 12.0 Å². The molecule has 2 aliphatic rings. The van der Waals surface area contributed by atoms with E-state index in [2.05, 4.69) is 53.3 Å². The molecule has 29 heavy (non-hydrogen) atoms. The Morgan fingerprint density at radius 2 is 1.76 bits per heavy atom. The Kier molecular flexibility index (Phi) is 9.18. The predicted octanol–water partition coefficient (Wildman–Crippen LogP) is 5.42. The van der Waals surface area contributed by atoms with Gasteiger partial charge in [0.2, 0.25) is 0 Å². The summed E-state index contributed by atoms with van der Waals surface area (Å²) in [5.41, 5.74) is 3.23. The van der Waals surface area contributed by atoms with Gasteiger partial charge in [0.1, 0.15) is 0 Å². The molecule has 0 radical (unpaired) electrons. The minimum Gasteiger partial charge on any atom is -0.393 e. The monoisotopic (exact) mass is 404 g/mol. The average Bonchev–Trinajstić information content (AvgIpc) is 2.67. The van der Waals surface area contributed by atoms with E-state index >= 15 is 0 Å². The van der Waals surface area contributed by atoms with Crippen LogP contribution in [0.1, 0.15) is 79.6 Å². The van der Waals surface area contributed by atoms with E-state index in [0.717, 1.165) is 42.7 Å². The molecule has 0 unspecified atom stereocenters. The number of aliphatic hydroxyl groups excluding tert-OH is 3. The summed E-state index contributed by atoms with van der Waals surface area (Å²) < 4.78 is 0. The first-order valence-electron chi connectivity index (χ1n) is 11.7. The topological polar surface area (TPSA) is 60.7 Å². The second-order valence-corrected chi connectivity index (χ2v) is 10.3. The minimum atomic E-state index is -0.621. The maximum Gasteiger partial charge on any atom is 0.0811 e. The van der Waals surface area contributed by atoms with Gasteiger partial charge in [-0.05, 0) is 79.3 Å². The van der Waals surface area contributed by atoms with E-state index in [1.807, 2.05) is 0 Å². The zero-order chi connectivity index (χ0) is 21.7. The molecule has 2 saturated carbocycles. The van der Waals surface area contributed by atoms with Crippen LogP contribution in [0.3, 0.4) is 0 Å². The van der Waals surface area contributed by atoms with E-state index < -0.39 is 12.2 Å². The van der Waals surface area contributed by atoms with Gasteiger partial charge in [0.05, 0.1) is 18.3 Å². The minimum absolute atomic E-state index is 0.190. The van der Waals surface area contributed by atoms with Crippen LogP contribution in [0.25, 0.3) is 0 Å². The number of hydrogen-bond donors (Lipinski definition) is 3. The van der Waals surface area contributed by atoms with Gasteiger partial charge in [-0.2, -0.15) is 0 Å². The Hall–Kier alpha value is -0.900. The van der Waals surface area contributed by atoms with Crippen LogP contribution < -0.4 is 0 Å². The van der Waals surface area contributed by atoms with Gasteiger partial charge >= 0.3 is 0 Å². The van der Waals surface area contributed by atoms with Crippen LogP contribution >= 0.6 is 0 Å². The Morgan fingerprint density at radius 3 is 2.41 bits per heavy atom. The summed E-state index contributed by atoms with van der Waals surface area (Å²) in [6.45, 7) is 15.3. The number of allylic oxidation sites excluding steroid dienone is 3. The average molecular weight is 405 g/mol. The molecule has 166 valence electrons. The van der Waals surface area contributed by atoms with Gasteiger partial charge in [-0.15, -0.1) is 0 Å². The van der Waals surface area contributed by atoms with Crippen LogP contribution in [0.2, 0.25) is 0 Å². The predicted molar refractivity (Wildman–Crippen MR) is 121 cm³/mol. The summed E-state index contributed by atoms with van der Waals surface area (Å²) >= 11 is 0. The van der Waals surface area contributed by atoms with E-state index in [-0.39, 0.29) is 6.10 Å². The van der Waals surface area contributed by atoms with Crippen molar-refractivity contribution in [1.82, 2.24) is 0 Å². The van der Waals surface area contributed by atoms with E-state index in [4.69, 9.17) is 0 Å². The van der Waals surface area contributed by atoms with Crippen LogP contribution in [0, 0.1) is 29.6 Å². The lowest BCUT2D eigenvalue weighted by molar-refractivity contribution is 0.0862. The second kappa shape index (κ2) is 10.9. The molecule has 0 spiro atoms. The Morgan fingerprint density at radius 1 is 1.07 bits per heavy atom. The lowest BCUT2D eigenvalue weighted by Gasteiger charge is -2.38. The third kappa shape index (κ3) is 6.80. The standard InChI is InChI=1S/C26H44O3/c1-16(2)25(28)12-8-17(3)19(5)24-13-21(9-7-18(24)4)10-11-22-14-23(27)15-26(29)20(22)6/h10-11,16-19,23-29H,6-9,12-15H2,1-5H3/t17-,18-,19-,23-,24-,25-,26+/m1/s1. The summed E-state index contributed by atoms with van der Waals surface area (Å²) in [6.07, 6.45) is 9.47. The molecule has 0 amide bonds. The number of rotatable bonds is 7. The van der Waals surface area contributed by atoms with Crippen molar-refractivity contribution < 1.29 is 15.3 Å². The normalized spacial score (nSPS) is 34.6. The first-order chi connectivity index (χ1) is 13.6. The summed E-state index contributed by atoms with van der Waals surface area (Å²) in [7, 11) is 0. The van der Waals surface area contributed by atoms with Crippen molar-refractivity contribution in [3.8, 4) is 0 Å². The van der Waals surface area contributed by atoms with Gasteiger partial charge < -0.3 is 15.3 Å². The molecule has 2 rings (SSSR count). The van der Waals surface area contributed by atoms with Gasteiger partial charge in [-0.3, -0.25) is 0 Å². The fourth-order valence-corrected chi connectivity index (χ4v) is 5.02. The van der Waals surface area contributed by atoms with Gasteiger partial charge in [-0.25, -0.2) is 0 Å². The third-order valence-corrected chi connectivity index (χ3v) is 7.70. The van der Waals surface area contributed by atoms with Gasteiger partial charge in [0, 0.05) is 6.42 Å². The molecule has 0 heterocycles. The van der Waals surface area contributed by atoms with Crippen LogP contribution in [-0.2, 0) is 0 Å². The maximum absolute atomic E-state index is 10.2. The molecule has 3 heteroatoms. The van der Waals surface area contributed by atoms with Crippen molar-refractivity contribution in [2.24, 2.45) is 29.6 Å². The van der Waals surface area contributed by atoms with E-state index in [9.17, 15) is 15.3 Å². The lowest BCUT2D eigenvalue weighted by atomic mass is 9.68. The number of aliphatic hydroxyl groups is 3. The molecule has 0 saturated heterocycles. The maximum atomic E-state index is 10.2. The highest BCUT2D eigenvalue weighted by molar-refractivity contribution is 5.38. The summed E-state index contributed by atoms with van der Waals surface area (Å²) in [5, 5.41) is 30.2. The largest absolute Gasteiger partial charge is 0.393 e. The summed E-state index contributed by atoms with van der Waals surface area (Å²) in [4.78, 5) is 0. The first kappa shape index (κ1) is 24.4. The molecule has 0 aromatic carbocycles. The highest BCUT2D eigenvalue weighted by atomic mass is 16.3. The van der Waals surface area contributed by atoms with Crippen LogP contribution in [0.15, 0.2) is 35.5 Å². The summed E-state index contributed by atoms with van der Waals surface area (Å²) in [6, 6.07) is 0. The molecule has 2 aliphatic carbocycles. The van der Waals surface area contributed by atoms with Crippen molar-refractivity contribution in [3.63, 3.8) is 0 Å². The van der Waals surface area contributed by atoms with Crippen molar-refractivity contribution >= 4 is 0 Å². The van der Waals surface area contributed by atoms with Crippen molar-refractivity contribution in [2.75, 3.05) is 0 Å². The lowest BCUT2D eigenvalue weighted by Crippen LogP contribution is -2.29. The van der Waals surface area contributed by atoms with Crippen LogP contribution in [0.5, 0.6) is 0 Å². The Labute approximate surface area is 178 Å². The molecule has 3 N–H and O–H groups in total. The zero-order valence-electron chi connectivity index (χ0n) is 19.3. The molecular formula is C26H44O3. The Balaban J connectivity index is 2.01. The van der Waals surface area contributed by atoms with E-state index in [1.54, 1.807) is 0 Å². The molecule has 0 aromatic heterocycles. The van der Waals surface area contributed by atoms with Crippen LogP contribution in [-0.4, -0.2) is 33.6 Å².